The molecule has 0 fully saturated rings. The van der Waals surface area contributed by atoms with Crippen LogP contribution in [0.5, 0.6) is 5.75 Å². The number of ketones is 1. The molecular formula is C15H13N3O4S2. The summed E-state index contributed by atoms with van der Waals surface area (Å²) in [5.41, 5.74) is 1.73. The van der Waals surface area contributed by atoms with Crippen molar-refractivity contribution in [1.29, 1.82) is 0 Å². The third kappa shape index (κ3) is 3.13. The summed E-state index contributed by atoms with van der Waals surface area (Å²) in [4.78, 5) is 27.3. The second-order valence-corrected chi connectivity index (χ2v) is 6.92. The zero-order valence-electron chi connectivity index (χ0n) is 12.9. The summed E-state index contributed by atoms with van der Waals surface area (Å²) < 4.78 is 7.09. The summed E-state index contributed by atoms with van der Waals surface area (Å²) in [5.74, 6) is 0.744. The minimum absolute atomic E-state index is 0.0295. The molecule has 0 aliphatic rings. The van der Waals surface area contributed by atoms with Gasteiger partial charge in [-0.1, -0.05) is 23.1 Å². The monoisotopic (exact) mass is 363 g/mol. The first-order chi connectivity index (χ1) is 11.5. The number of carbonyl (C=O) groups is 1. The van der Waals surface area contributed by atoms with E-state index in [1.54, 1.807) is 7.11 Å². The molecule has 0 radical (unpaired) electrons. The van der Waals surface area contributed by atoms with Gasteiger partial charge >= 0.3 is 5.00 Å². The molecule has 1 aromatic carbocycles. The second-order valence-electron chi connectivity index (χ2n) is 4.91. The average molecular weight is 363 g/mol. The van der Waals surface area contributed by atoms with Gasteiger partial charge in [0.1, 0.15) is 5.75 Å². The van der Waals surface area contributed by atoms with Crippen LogP contribution in [-0.2, 0) is 7.05 Å². The van der Waals surface area contributed by atoms with Crippen molar-refractivity contribution in [3.05, 3.63) is 45.3 Å². The number of methoxy groups -OCH3 is 1. The molecule has 0 bridgehead atoms. The molecule has 0 spiro atoms. The lowest BCUT2D eigenvalue weighted by Crippen LogP contribution is -2.01. The molecule has 124 valence electrons. The van der Waals surface area contributed by atoms with Crippen LogP contribution in [0, 0.1) is 10.1 Å². The van der Waals surface area contributed by atoms with Gasteiger partial charge in [0.25, 0.3) is 0 Å². The van der Waals surface area contributed by atoms with Crippen molar-refractivity contribution < 1.29 is 14.5 Å². The van der Waals surface area contributed by atoms with Crippen LogP contribution in [0.25, 0.3) is 11.0 Å². The number of Topliss-reactive ketones (excluding diaryl/α,β-unsaturated/α-hetero) is 1. The number of nitro groups is 1. The first-order valence-corrected chi connectivity index (χ1v) is 8.70. The molecule has 0 aliphatic heterocycles. The molecular weight excluding hydrogens is 350 g/mol. The van der Waals surface area contributed by atoms with Gasteiger partial charge in [0.15, 0.2) is 10.9 Å². The van der Waals surface area contributed by atoms with Crippen LogP contribution in [0.2, 0.25) is 0 Å². The number of hydrogen-bond donors (Lipinski definition) is 0. The number of rotatable bonds is 6. The van der Waals surface area contributed by atoms with Crippen LogP contribution >= 0.6 is 23.1 Å². The standard InChI is InChI=1S/C15H13N3O4S2/c1-17-11-4-3-9(22-2)7-10(11)16-15(17)23-8-12(19)13-5-6-14(24-13)18(20)21/h3-7H,8H2,1-2H3. The van der Waals surface area contributed by atoms with E-state index in [1.807, 2.05) is 29.8 Å². The topological polar surface area (TPSA) is 87.3 Å². The van der Waals surface area contributed by atoms with Crippen molar-refractivity contribution in [2.45, 2.75) is 5.16 Å². The van der Waals surface area contributed by atoms with Crippen LogP contribution in [-0.4, -0.2) is 33.1 Å². The third-order valence-corrected chi connectivity index (χ3v) is 5.53. The van der Waals surface area contributed by atoms with Crippen molar-refractivity contribution in [1.82, 2.24) is 9.55 Å². The van der Waals surface area contributed by atoms with Gasteiger partial charge in [-0.05, 0) is 18.2 Å². The van der Waals surface area contributed by atoms with E-state index in [0.29, 0.717) is 10.0 Å². The summed E-state index contributed by atoms with van der Waals surface area (Å²) in [6.07, 6.45) is 0. The van der Waals surface area contributed by atoms with Gasteiger partial charge < -0.3 is 9.30 Å². The Kier molecular flexibility index (Phi) is 4.54. The molecule has 9 heteroatoms. The SMILES string of the molecule is COc1ccc2c(c1)nc(SCC(=O)c1ccc([N+](=O)[O-])s1)n2C. The normalized spacial score (nSPS) is 10.9. The second kappa shape index (κ2) is 6.62. The number of hydrogen-bond acceptors (Lipinski definition) is 7. The Morgan fingerprint density at radius 1 is 1.42 bits per heavy atom. The Hall–Kier alpha value is -2.39. The molecule has 3 rings (SSSR count). The highest BCUT2D eigenvalue weighted by atomic mass is 32.2. The Morgan fingerprint density at radius 3 is 2.88 bits per heavy atom. The highest BCUT2D eigenvalue weighted by Gasteiger charge is 2.17. The Labute approximate surface area is 145 Å². The van der Waals surface area contributed by atoms with Gasteiger partial charge in [0.05, 0.1) is 33.7 Å². The fourth-order valence-electron chi connectivity index (χ4n) is 2.19. The molecule has 24 heavy (non-hydrogen) atoms. The predicted octanol–water partition coefficient (Wildman–Crippen LogP) is 3.53. The maximum Gasteiger partial charge on any atom is 0.324 e. The van der Waals surface area contributed by atoms with Crippen molar-refractivity contribution in [3.8, 4) is 5.75 Å². The average Bonchev–Trinajstić information content (AvgIpc) is 3.18. The molecule has 2 heterocycles. The molecule has 0 saturated carbocycles. The largest absolute Gasteiger partial charge is 0.497 e. The minimum Gasteiger partial charge on any atom is -0.497 e. The number of carbonyl (C=O) groups excluding carboxylic acids is 1. The Bertz CT molecular complexity index is 932. The quantitative estimate of drug-likeness (QED) is 0.288. The van der Waals surface area contributed by atoms with E-state index < -0.39 is 4.92 Å². The van der Waals surface area contributed by atoms with Crippen molar-refractivity contribution >= 4 is 44.9 Å². The zero-order valence-corrected chi connectivity index (χ0v) is 14.5. The summed E-state index contributed by atoms with van der Waals surface area (Å²) in [5, 5.41) is 11.4. The molecule has 0 amide bonds. The minimum atomic E-state index is -0.493. The lowest BCUT2D eigenvalue weighted by Gasteiger charge is -2.01. The van der Waals surface area contributed by atoms with Crippen molar-refractivity contribution in [2.24, 2.45) is 7.05 Å². The Morgan fingerprint density at radius 2 is 2.21 bits per heavy atom. The number of aromatic nitrogens is 2. The molecule has 0 atom stereocenters. The number of imidazole rings is 1. The smallest absolute Gasteiger partial charge is 0.324 e. The van der Waals surface area contributed by atoms with E-state index in [4.69, 9.17) is 4.74 Å². The van der Waals surface area contributed by atoms with Crippen LogP contribution in [0.15, 0.2) is 35.5 Å². The van der Waals surface area contributed by atoms with Crippen LogP contribution in [0.3, 0.4) is 0 Å². The lowest BCUT2D eigenvalue weighted by molar-refractivity contribution is -0.380. The van der Waals surface area contributed by atoms with Gasteiger partial charge in [0, 0.05) is 19.2 Å². The zero-order chi connectivity index (χ0) is 17.3. The number of benzene rings is 1. The molecule has 0 N–H and O–H groups in total. The van der Waals surface area contributed by atoms with Crippen molar-refractivity contribution in [3.63, 3.8) is 0 Å². The van der Waals surface area contributed by atoms with E-state index in [-0.39, 0.29) is 16.5 Å². The summed E-state index contributed by atoms with van der Waals surface area (Å²) in [6, 6.07) is 8.45. The molecule has 0 aliphatic carbocycles. The first-order valence-electron chi connectivity index (χ1n) is 6.90. The number of nitrogens with zero attached hydrogens (tertiary/aromatic N) is 3. The van der Waals surface area contributed by atoms with Gasteiger partial charge in [-0.25, -0.2) is 4.98 Å². The highest BCUT2D eigenvalue weighted by molar-refractivity contribution is 7.99. The third-order valence-electron chi connectivity index (χ3n) is 3.43. The van der Waals surface area contributed by atoms with E-state index in [2.05, 4.69) is 4.98 Å². The summed E-state index contributed by atoms with van der Waals surface area (Å²) in [6.45, 7) is 0. The molecule has 0 saturated heterocycles. The van der Waals surface area contributed by atoms with E-state index in [9.17, 15) is 14.9 Å². The maximum atomic E-state index is 12.2. The molecule has 3 aromatic rings. The molecule has 0 unspecified atom stereocenters. The van der Waals surface area contributed by atoms with Gasteiger partial charge in [-0.15, -0.1) is 0 Å². The number of thiophene rings is 1. The number of ether oxygens (including phenoxy) is 1. The van der Waals surface area contributed by atoms with E-state index in [0.717, 1.165) is 28.1 Å². The molecule has 7 nitrogen and oxygen atoms in total. The van der Waals surface area contributed by atoms with Crippen molar-refractivity contribution in [2.75, 3.05) is 12.9 Å². The number of fused-ring (bicyclic) bond motifs is 1. The summed E-state index contributed by atoms with van der Waals surface area (Å²) in [7, 11) is 3.48. The highest BCUT2D eigenvalue weighted by Crippen LogP contribution is 2.28. The number of thioether (sulfide) groups is 1. The Balaban J connectivity index is 1.76. The van der Waals surface area contributed by atoms with E-state index >= 15 is 0 Å². The van der Waals surface area contributed by atoms with Crippen LogP contribution in [0.1, 0.15) is 9.67 Å². The van der Waals surface area contributed by atoms with E-state index in [1.165, 1.54) is 23.9 Å². The molecule has 2 aromatic heterocycles. The lowest BCUT2D eigenvalue weighted by atomic mass is 10.3. The van der Waals surface area contributed by atoms with Gasteiger partial charge in [-0.2, -0.15) is 0 Å². The fourth-order valence-corrected chi connectivity index (χ4v) is 3.91. The summed E-state index contributed by atoms with van der Waals surface area (Å²) >= 11 is 2.20. The van der Waals surface area contributed by atoms with Gasteiger partial charge in [0.2, 0.25) is 0 Å². The maximum absolute atomic E-state index is 12.2. The van der Waals surface area contributed by atoms with Gasteiger partial charge in [-0.3, -0.25) is 14.9 Å². The fraction of sp³-hybridized carbons (Fsp3) is 0.200. The van der Waals surface area contributed by atoms with Crippen LogP contribution < -0.4 is 4.74 Å². The first kappa shape index (κ1) is 16.5. The van der Waals surface area contributed by atoms with Crippen LogP contribution in [0.4, 0.5) is 5.00 Å². The predicted molar refractivity (Wildman–Crippen MR) is 93.3 cm³/mol. The number of aryl methyl sites for hydroxylation is 1.